The molecule has 5 heteroatoms. The first-order chi connectivity index (χ1) is 14.0. The van der Waals surface area contributed by atoms with Gasteiger partial charge in [-0.05, 0) is 48.9 Å². The third-order valence-electron chi connectivity index (χ3n) is 5.71. The maximum absolute atomic E-state index is 13.9. The van der Waals surface area contributed by atoms with Crippen molar-refractivity contribution in [1.29, 1.82) is 0 Å². The van der Waals surface area contributed by atoms with Crippen molar-refractivity contribution in [3.8, 4) is 5.75 Å². The van der Waals surface area contributed by atoms with E-state index in [1.54, 1.807) is 7.11 Å². The SMILES string of the molecule is COc1cccc([C@@H](C(=O)N2C(=O)OC(C)(C)[C@@H]2Cc2ccccc2)C(C)(C)C)c1. The van der Waals surface area contributed by atoms with Gasteiger partial charge < -0.3 is 9.47 Å². The third-order valence-corrected chi connectivity index (χ3v) is 5.71. The number of rotatable bonds is 5. The number of amides is 2. The van der Waals surface area contributed by atoms with Gasteiger partial charge in [0.05, 0.1) is 19.1 Å². The third kappa shape index (κ3) is 4.35. The molecule has 1 fully saturated rings. The Morgan fingerprint density at radius 3 is 2.40 bits per heavy atom. The van der Waals surface area contributed by atoms with Gasteiger partial charge in [0.2, 0.25) is 5.91 Å². The van der Waals surface area contributed by atoms with Gasteiger partial charge in [0.1, 0.15) is 11.4 Å². The van der Waals surface area contributed by atoms with E-state index in [0.717, 1.165) is 11.1 Å². The van der Waals surface area contributed by atoms with E-state index in [0.29, 0.717) is 12.2 Å². The number of carbonyl (C=O) groups excluding carboxylic acids is 2. The Morgan fingerprint density at radius 1 is 1.13 bits per heavy atom. The summed E-state index contributed by atoms with van der Waals surface area (Å²) in [4.78, 5) is 28.1. The van der Waals surface area contributed by atoms with E-state index in [9.17, 15) is 9.59 Å². The van der Waals surface area contributed by atoms with E-state index in [-0.39, 0.29) is 5.91 Å². The number of cyclic esters (lactones) is 1. The Hall–Kier alpha value is -2.82. The number of imide groups is 1. The lowest BCUT2D eigenvalue weighted by Gasteiger charge is -2.35. The molecule has 5 nitrogen and oxygen atoms in total. The van der Waals surface area contributed by atoms with E-state index in [2.05, 4.69) is 0 Å². The van der Waals surface area contributed by atoms with Crippen LogP contribution < -0.4 is 4.74 Å². The minimum atomic E-state index is -0.778. The zero-order chi connectivity index (χ0) is 22.1. The summed E-state index contributed by atoms with van der Waals surface area (Å²) in [6.07, 6.45) is -0.0385. The summed E-state index contributed by atoms with van der Waals surface area (Å²) in [7, 11) is 1.60. The number of hydrogen-bond donors (Lipinski definition) is 0. The predicted molar refractivity (Wildman–Crippen MR) is 117 cm³/mol. The van der Waals surface area contributed by atoms with Crippen LogP contribution in [0.25, 0.3) is 0 Å². The fourth-order valence-corrected chi connectivity index (χ4v) is 4.17. The Kier molecular flexibility index (Phi) is 5.93. The molecule has 0 radical (unpaired) electrons. The number of nitrogens with zero attached hydrogens (tertiary/aromatic N) is 1. The minimum Gasteiger partial charge on any atom is -0.497 e. The van der Waals surface area contributed by atoms with Crippen LogP contribution in [0.3, 0.4) is 0 Å². The summed E-state index contributed by atoms with van der Waals surface area (Å²) in [5.74, 6) is -0.0840. The second kappa shape index (κ2) is 8.13. The Labute approximate surface area is 179 Å². The Bertz CT molecular complexity index is 914. The van der Waals surface area contributed by atoms with Crippen LogP contribution in [0.1, 0.15) is 51.7 Å². The van der Waals surface area contributed by atoms with Gasteiger partial charge in [0.15, 0.2) is 0 Å². The average molecular weight is 410 g/mol. The Balaban J connectivity index is 2.02. The highest BCUT2D eigenvalue weighted by molar-refractivity contribution is 5.98. The molecule has 1 heterocycles. The molecule has 2 atom stereocenters. The molecule has 0 aromatic heterocycles. The fraction of sp³-hybridized carbons (Fsp3) is 0.440. The van der Waals surface area contributed by atoms with Crippen molar-refractivity contribution in [2.24, 2.45) is 5.41 Å². The van der Waals surface area contributed by atoms with Crippen LogP contribution in [0, 0.1) is 5.41 Å². The van der Waals surface area contributed by atoms with Crippen LogP contribution in [-0.2, 0) is 16.0 Å². The molecule has 2 aromatic carbocycles. The van der Waals surface area contributed by atoms with E-state index in [1.807, 2.05) is 89.2 Å². The monoisotopic (exact) mass is 409 g/mol. The zero-order valence-corrected chi connectivity index (χ0v) is 18.6. The van der Waals surface area contributed by atoms with Gasteiger partial charge in [-0.15, -0.1) is 0 Å². The van der Waals surface area contributed by atoms with E-state index >= 15 is 0 Å². The molecule has 1 aliphatic heterocycles. The van der Waals surface area contributed by atoms with Gasteiger partial charge in [-0.25, -0.2) is 9.69 Å². The minimum absolute atomic E-state index is 0.243. The van der Waals surface area contributed by atoms with Crippen LogP contribution in [0.4, 0.5) is 4.79 Å². The van der Waals surface area contributed by atoms with E-state index in [4.69, 9.17) is 9.47 Å². The molecule has 0 N–H and O–H groups in total. The molecular formula is C25H31NO4. The number of hydrogen-bond acceptors (Lipinski definition) is 4. The molecule has 30 heavy (non-hydrogen) atoms. The molecule has 0 saturated carbocycles. The van der Waals surface area contributed by atoms with Gasteiger partial charge in [-0.3, -0.25) is 4.79 Å². The van der Waals surface area contributed by atoms with Crippen LogP contribution in [-0.4, -0.2) is 35.7 Å². The smallest absolute Gasteiger partial charge is 0.417 e. The van der Waals surface area contributed by atoms with Crippen molar-refractivity contribution in [2.75, 3.05) is 7.11 Å². The summed E-state index contributed by atoms with van der Waals surface area (Å²) in [5.41, 5.74) is 0.691. The molecule has 0 bridgehead atoms. The lowest BCUT2D eigenvalue weighted by molar-refractivity contribution is -0.133. The maximum atomic E-state index is 13.9. The van der Waals surface area contributed by atoms with Crippen molar-refractivity contribution in [3.63, 3.8) is 0 Å². The van der Waals surface area contributed by atoms with Gasteiger partial charge in [-0.1, -0.05) is 63.2 Å². The predicted octanol–water partition coefficient (Wildman–Crippen LogP) is 5.19. The van der Waals surface area contributed by atoms with Crippen molar-refractivity contribution >= 4 is 12.0 Å². The molecule has 2 aromatic rings. The van der Waals surface area contributed by atoms with E-state index < -0.39 is 29.1 Å². The van der Waals surface area contributed by atoms with Crippen LogP contribution in [0.2, 0.25) is 0 Å². The van der Waals surface area contributed by atoms with Gasteiger partial charge in [0, 0.05) is 0 Å². The van der Waals surface area contributed by atoms with Gasteiger partial charge in [0.25, 0.3) is 0 Å². The maximum Gasteiger partial charge on any atom is 0.417 e. The van der Waals surface area contributed by atoms with E-state index in [1.165, 1.54) is 4.90 Å². The number of ether oxygens (including phenoxy) is 2. The molecule has 1 saturated heterocycles. The molecule has 0 aliphatic carbocycles. The normalized spacial score (nSPS) is 19.3. The highest BCUT2D eigenvalue weighted by Gasteiger charge is 2.53. The molecular weight excluding hydrogens is 378 g/mol. The standard InChI is InChI=1S/C25H31NO4/c1-24(2,3)21(18-13-10-14-19(16-18)29-6)22(27)26-20(25(4,5)30-23(26)28)15-17-11-8-7-9-12-17/h7-14,16,20-21H,15H2,1-6H3/t20-,21-/m0/s1. The van der Waals surface area contributed by atoms with Gasteiger partial charge in [-0.2, -0.15) is 0 Å². The molecule has 160 valence electrons. The van der Waals surface area contributed by atoms with Crippen molar-refractivity contribution in [2.45, 2.75) is 58.6 Å². The summed E-state index contributed by atoms with van der Waals surface area (Å²) >= 11 is 0. The second-order valence-electron chi connectivity index (χ2n) is 9.46. The second-order valence-corrected chi connectivity index (χ2v) is 9.46. The van der Waals surface area contributed by atoms with Crippen molar-refractivity contribution in [1.82, 2.24) is 4.90 Å². The molecule has 2 amide bonds. The first kappa shape index (κ1) is 21.9. The summed E-state index contributed by atoms with van der Waals surface area (Å²) in [5, 5.41) is 0. The highest BCUT2D eigenvalue weighted by atomic mass is 16.6. The van der Waals surface area contributed by atoms with Crippen LogP contribution in [0.5, 0.6) is 5.75 Å². The lowest BCUT2D eigenvalue weighted by Crippen LogP contribution is -2.49. The zero-order valence-electron chi connectivity index (χ0n) is 18.6. The average Bonchev–Trinajstić information content (AvgIpc) is 2.89. The topological polar surface area (TPSA) is 55.8 Å². The largest absolute Gasteiger partial charge is 0.497 e. The van der Waals surface area contributed by atoms with Crippen molar-refractivity contribution in [3.05, 3.63) is 65.7 Å². The summed E-state index contributed by atoms with van der Waals surface area (Å²) in [6, 6.07) is 17.0. The molecule has 0 spiro atoms. The summed E-state index contributed by atoms with van der Waals surface area (Å²) in [6.45, 7) is 9.75. The quantitative estimate of drug-likeness (QED) is 0.682. The van der Waals surface area contributed by atoms with Crippen molar-refractivity contribution < 1.29 is 19.1 Å². The molecule has 0 unspecified atom stereocenters. The first-order valence-corrected chi connectivity index (χ1v) is 10.3. The summed E-state index contributed by atoms with van der Waals surface area (Å²) < 4.78 is 11.0. The number of carbonyl (C=O) groups is 2. The van der Waals surface area contributed by atoms with Gasteiger partial charge >= 0.3 is 6.09 Å². The fourth-order valence-electron chi connectivity index (χ4n) is 4.17. The van der Waals surface area contributed by atoms with Crippen LogP contribution >= 0.6 is 0 Å². The molecule has 3 rings (SSSR count). The number of benzene rings is 2. The van der Waals surface area contributed by atoms with Crippen LogP contribution in [0.15, 0.2) is 54.6 Å². The first-order valence-electron chi connectivity index (χ1n) is 10.3. The molecule has 1 aliphatic rings. The highest BCUT2D eigenvalue weighted by Crippen LogP contribution is 2.41. The lowest BCUT2D eigenvalue weighted by atomic mass is 9.75. The Morgan fingerprint density at radius 2 is 1.80 bits per heavy atom. The number of methoxy groups -OCH3 is 1.